The van der Waals surface area contributed by atoms with Crippen LogP contribution in [0.1, 0.15) is 18.1 Å². The summed E-state index contributed by atoms with van der Waals surface area (Å²) in [6.07, 6.45) is -3.21. The first-order valence-corrected chi connectivity index (χ1v) is 11.3. The van der Waals surface area contributed by atoms with Crippen molar-refractivity contribution in [2.45, 2.75) is 19.6 Å². The molecule has 1 aliphatic heterocycles. The van der Waals surface area contributed by atoms with Gasteiger partial charge in [0, 0.05) is 45.8 Å². The minimum Gasteiger partial charge on any atom is -0.357 e. The Labute approximate surface area is 193 Å². The van der Waals surface area contributed by atoms with Crippen molar-refractivity contribution in [3.63, 3.8) is 0 Å². The van der Waals surface area contributed by atoms with E-state index in [1.54, 1.807) is 0 Å². The van der Waals surface area contributed by atoms with E-state index in [1.807, 2.05) is 6.92 Å². The first kappa shape index (κ1) is 26.9. The fourth-order valence-electron chi connectivity index (χ4n) is 2.99. The highest BCUT2D eigenvalue weighted by atomic mass is 127. The van der Waals surface area contributed by atoms with Crippen molar-refractivity contribution in [3.05, 3.63) is 35.4 Å². The second kappa shape index (κ2) is 12.1. The number of hydrogen-bond donors (Lipinski definition) is 2. The van der Waals surface area contributed by atoms with Crippen molar-refractivity contribution in [2.75, 3.05) is 52.1 Å². The Hall–Kier alpha value is -1.12. The van der Waals surface area contributed by atoms with Gasteiger partial charge in [-0.2, -0.15) is 13.2 Å². The number of aliphatic imine (C=N–C) groups is 1. The monoisotopic (exact) mass is 563 g/mol. The largest absolute Gasteiger partial charge is 0.416 e. The molecule has 1 aromatic rings. The smallest absolute Gasteiger partial charge is 0.357 e. The zero-order valence-corrected chi connectivity index (χ0v) is 20.2. The molecule has 0 bridgehead atoms. The number of piperazine rings is 1. The summed E-state index contributed by atoms with van der Waals surface area (Å²) in [6.45, 7) is 6.80. The molecule has 1 fully saturated rings. The fourth-order valence-corrected chi connectivity index (χ4v) is 3.46. The highest BCUT2D eigenvalue weighted by molar-refractivity contribution is 14.0. The quantitative estimate of drug-likeness (QED) is 0.230. The number of alkyl halides is 3. The highest BCUT2D eigenvalue weighted by Crippen LogP contribution is 2.29. The van der Waals surface area contributed by atoms with Crippen molar-refractivity contribution < 1.29 is 21.6 Å². The Balaban J connectivity index is 0.00000450. The molecule has 30 heavy (non-hydrogen) atoms. The maximum atomic E-state index is 12.7. The molecule has 0 unspecified atom stereocenters. The van der Waals surface area contributed by atoms with Crippen LogP contribution in [0, 0.1) is 0 Å². The summed E-state index contributed by atoms with van der Waals surface area (Å²) >= 11 is 0. The van der Waals surface area contributed by atoms with Crippen molar-refractivity contribution in [3.8, 4) is 0 Å². The van der Waals surface area contributed by atoms with Crippen molar-refractivity contribution in [1.82, 2.24) is 19.8 Å². The van der Waals surface area contributed by atoms with Crippen LogP contribution in [0.3, 0.4) is 0 Å². The number of rotatable bonds is 7. The summed E-state index contributed by atoms with van der Waals surface area (Å²) in [5.74, 6) is 0.733. The van der Waals surface area contributed by atoms with Crippen LogP contribution in [-0.2, 0) is 22.7 Å². The molecule has 0 aliphatic carbocycles. The third kappa shape index (κ3) is 9.35. The van der Waals surface area contributed by atoms with Crippen molar-refractivity contribution in [1.29, 1.82) is 0 Å². The Morgan fingerprint density at radius 1 is 1.13 bits per heavy atom. The van der Waals surface area contributed by atoms with Crippen LogP contribution in [0.5, 0.6) is 0 Å². The number of benzene rings is 1. The third-order valence-electron chi connectivity index (χ3n) is 4.43. The van der Waals surface area contributed by atoms with Gasteiger partial charge in [-0.25, -0.2) is 13.1 Å². The molecule has 12 heteroatoms. The molecular formula is C18H29F3IN5O2S. The zero-order valence-electron chi connectivity index (χ0n) is 17.1. The summed E-state index contributed by atoms with van der Waals surface area (Å²) in [5.41, 5.74) is 0.210. The third-order valence-corrected chi connectivity index (χ3v) is 5.16. The van der Waals surface area contributed by atoms with E-state index < -0.39 is 21.8 Å². The van der Waals surface area contributed by atoms with Crippen LogP contribution in [0.15, 0.2) is 29.3 Å². The minimum atomic E-state index is -4.32. The van der Waals surface area contributed by atoms with E-state index in [0.29, 0.717) is 19.6 Å². The van der Waals surface area contributed by atoms with E-state index in [0.717, 1.165) is 56.1 Å². The predicted molar refractivity (Wildman–Crippen MR) is 123 cm³/mol. The summed E-state index contributed by atoms with van der Waals surface area (Å²) in [6, 6.07) is 5.28. The van der Waals surface area contributed by atoms with Crippen LogP contribution in [-0.4, -0.2) is 76.2 Å². The predicted octanol–water partition coefficient (Wildman–Crippen LogP) is 1.96. The Morgan fingerprint density at radius 2 is 1.73 bits per heavy atom. The van der Waals surface area contributed by atoms with Gasteiger partial charge in [0.15, 0.2) is 5.96 Å². The second-order valence-corrected chi connectivity index (χ2v) is 8.69. The minimum absolute atomic E-state index is 0. The molecule has 1 aliphatic rings. The first-order chi connectivity index (χ1) is 13.6. The molecule has 0 radical (unpaired) electrons. The molecular weight excluding hydrogens is 534 g/mol. The molecule has 2 rings (SSSR count). The van der Waals surface area contributed by atoms with Gasteiger partial charge in [0.05, 0.1) is 18.4 Å². The topological polar surface area (TPSA) is 77.0 Å². The average molecular weight is 563 g/mol. The standard InChI is InChI=1S/C18H28F3N5O2S.HI/c1-3-22-17(23-8-9-24-29(2,27)28)26-12-10-25(11-13-26)14-15-4-6-16(7-5-15)18(19,20)21;/h4-7,24H,3,8-14H2,1-2H3,(H,22,23);1H. The Kier molecular flexibility index (Phi) is 10.8. The molecule has 0 amide bonds. The summed E-state index contributed by atoms with van der Waals surface area (Å²) in [4.78, 5) is 8.75. The number of halogens is 4. The molecule has 0 atom stereocenters. The van der Waals surface area contributed by atoms with Gasteiger partial charge in [-0.05, 0) is 24.6 Å². The summed E-state index contributed by atoms with van der Waals surface area (Å²) in [7, 11) is -3.23. The SMILES string of the molecule is CCNC(=NCCNS(C)(=O)=O)N1CCN(Cc2ccc(C(F)(F)F)cc2)CC1.I. The second-order valence-electron chi connectivity index (χ2n) is 6.86. The molecule has 7 nitrogen and oxygen atoms in total. The van der Waals surface area contributed by atoms with Gasteiger partial charge in [-0.3, -0.25) is 9.89 Å². The highest BCUT2D eigenvalue weighted by Gasteiger charge is 2.30. The number of guanidine groups is 1. The lowest BCUT2D eigenvalue weighted by Gasteiger charge is -2.36. The van der Waals surface area contributed by atoms with Crippen LogP contribution in [0.25, 0.3) is 0 Å². The van der Waals surface area contributed by atoms with E-state index in [2.05, 4.69) is 24.8 Å². The molecule has 1 saturated heterocycles. The van der Waals surface area contributed by atoms with E-state index in [-0.39, 0.29) is 30.5 Å². The number of sulfonamides is 1. The first-order valence-electron chi connectivity index (χ1n) is 9.45. The van der Waals surface area contributed by atoms with Crippen molar-refractivity contribution >= 4 is 40.0 Å². The lowest BCUT2D eigenvalue weighted by Crippen LogP contribution is -2.52. The molecule has 1 heterocycles. The van der Waals surface area contributed by atoms with Crippen molar-refractivity contribution in [2.24, 2.45) is 4.99 Å². The van der Waals surface area contributed by atoms with Crippen LogP contribution >= 0.6 is 24.0 Å². The van der Waals surface area contributed by atoms with E-state index in [1.165, 1.54) is 12.1 Å². The van der Waals surface area contributed by atoms with E-state index in [9.17, 15) is 21.6 Å². The van der Waals surface area contributed by atoms with Gasteiger partial charge >= 0.3 is 6.18 Å². The lowest BCUT2D eigenvalue weighted by atomic mass is 10.1. The fraction of sp³-hybridized carbons (Fsp3) is 0.611. The van der Waals surface area contributed by atoms with Gasteiger partial charge in [0.25, 0.3) is 0 Å². The average Bonchev–Trinajstić information content (AvgIpc) is 2.64. The van der Waals surface area contributed by atoms with Crippen LogP contribution < -0.4 is 10.0 Å². The Morgan fingerprint density at radius 3 is 2.23 bits per heavy atom. The van der Waals surface area contributed by atoms with Crippen LogP contribution in [0.2, 0.25) is 0 Å². The number of nitrogens with zero attached hydrogens (tertiary/aromatic N) is 3. The van der Waals surface area contributed by atoms with Gasteiger partial charge in [-0.15, -0.1) is 24.0 Å². The molecule has 172 valence electrons. The van der Waals surface area contributed by atoms with Gasteiger partial charge in [0.1, 0.15) is 0 Å². The van der Waals surface area contributed by atoms with E-state index >= 15 is 0 Å². The number of nitrogens with one attached hydrogen (secondary N) is 2. The Bertz CT molecular complexity index is 780. The maximum absolute atomic E-state index is 12.7. The van der Waals surface area contributed by atoms with Gasteiger partial charge in [-0.1, -0.05) is 12.1 Å². The van der Waals surface area contributed by atoms with Gasteiger partial charge < -0.3 is 10.2 Å². The molecule has 1 aromatic carbocycles. The van der Waals surface area contributed by atoms with E-state index in [4.69, 9.17) is 0 Å². The number of hydrogen-bond acceptors (Lipinski definition) is 4. The zero-order chi connectivity index (χ0) is 21.5. The van der Waals surface area contributed by atoms with Crippen LogP contribution in [0.4, 0.5) is 13.2 Å². The maximum Gasteiger partial charge on any atom is 0.416 e. The lowest BCUT2D eigenvalue weighted by molar-refractivity contribution is -0.137. The molecule has 0 saturated carbocycles. The molecule has 0 spiro atoms. The van der Waals surface area contributed by atoms with Gasteiger partial charge in [0.2, 0.25) is 10.0 Å². The normalized spacial score (nSPS) is 16.3. The summed E-state index contributed by atoms with van der Waals surface area (Å²) in [5, 5.41) is 3.21. The summed E-state index contributed by atoms with van der Waals surface area (Å²) < 4.78 is 62.6. The molecule has 0 aromatic heterocycles. The molecule has 2 N–H and O–H groups in total.